The Balaban J connectivity index is 4.97. The van der Waals surface area contributed by atoms with Gasteiger partial charge in [-0.2, -0.15) is 0 Å². The van der Waals surface area contributed by atoms with Crippen molar-refractivity contribution in [3.8, 4) is 0 Å². The van der Waals surface area contributed by atoms with Crippen LogP contribution in [-0.2, 0) is 19.2 Å². The first-order chi connectivity index (χ1) is 13.4. The molecule has 0 aromatic carbocycles. The Bertz CT molecular complexity index is 605. The lowest BCUT2D eigenvalue weighted by atomic mass is 10.0. The van der Waals surface area contributed by atoms with Crippen LogP contribution in [0.4, 0.5) is 0 Å². The molecule has 2 amide bonds. The average Bonchev–Trinajstić information content (AvgIpc) is 2.60. The van der Waals surface area contributed by atoms with Crippen LogP contribution < -0.4 is 27.8 Å². The summed E-state index contributed by atoms with van der Waals surface area (Å²) < 4.78 is 0. The lowest BCUT2D eigenvalue weighted by molar-refractivity contribution is -0.142. The standard InChI is InChI=1S/C17H32N6O6/c1-9(2)8-12(23-14(26)10(18)5-6-13(24)25)15(27)22-11(16(28)29)4-3-7-21-17(19)20/h9-12H,3-8,18H2,1-2H3,(H,22,27)(H,23,26)(H,24,25)(H,28,29)(H4,19,20,21). The molecule has 0 aliphatic heterocycles. The Morgan fingerprint density at radius 2 is 1.55 bits per heavy atom. The minimum Gasteiger partial charge on any atom is -0.481 e. The molecule has 0 aromatic heterocycles. The summed E-state index contributed by atoms with van der Waals surface area (Å²) in [5, 5.41) is 22.9. The Kier molecular flexibility index (Phi) is 12.0. The maximum Gasteiger partial charge on any atom is 0.326 e. The van der Waals surface area contributed by atoms with Crippen molar-refractivity contribution in [2.24, 2.45) is 28.1 Å². The number of nitrogens with zero attached hydrogens (tertiary/aromatic N) is 1. The summed E-state index contributed by atoms with van der Waals surface area (Å²) in [6.45, 7) is 3.88. The minimum absolute atomic E-state index is 0.0199. The van der Waals surface area contributed by atoms with E-state index in [0.717, 1.165) is 0 Å². The van der Waals surface area contributed by atoms with Gasteiger partial charge in [-0.1, -0.05) is 13.8 Å². The molecule has 3 unspecified atom stereocenters. The first-order valence-corrected chi connectivity index (χ1v) is 9.30. The number of nitrogens with one attached hydrogen (secondary N) is 2. The van der Waals surface area contributed by atoms with Crippen LogP contribution in [0.15, 0.2) is 4.99 Å². The Hall–Kier alpha value is -2.89. The number of carbonyl (C=O) groups excluding carboxylic acids is 2. The number of hydrogen-bond acceptors (Lipinski definition) is 6. The fourth-order valence-corrected chi connectivity index (χ4v) is 2.43. The first kappa shape index (κ1) is 26.1. The van der Waals surface area contributed by atoms with Gasteiger partial charge in [-0.25, -0.2) is 4.79 Å². The molecule has 0 aliphatic carbocycles. The summed E-state index contributed by atoms with van der Waals surface area (Å²) in [5.74, 6) is -3.74. The van der Waals surface area contributed by atoms with Crippen molar-refractivity contribution < 1.29 is 29.4 Å². The molecule has 0 heterocycles. The molecular weight excluding hydrogens is 384 g/mol. The molecule has 12 nitrogen and oxygen atoms in total. The van der Waals surface area contributed by atoms with E-state index in [2.05, 4.69) is 15.6 Å². The normalized spacial score (nSPS) is 13.8. The highest BCUT2D eigenvalue weighted by Crippen LogP contribution is 2.08. The van der Waals surface area contributed by atoms with Gasteiger partial charge in [-0.3, -0.25) is 19.4 Å². The van der Waals surface area contributed by atoms with Crippen molar-refractivity contribution in [2.45, 2.75) is 64.1 Å². The smallest absolute Gasteiger partial charge is 0.326 e. The van der Waals surface area contributed by atoms with E-state index < -0.39 is 41.9 Å². The molecule has 10 N–H and O–H groups in total. The Labute approximate surface area is 169 Å². The number of carboxylic acid groups (broad SMARTS) is 2. The number of hydrogen-bond donors (Lipinski definition) is 7. The van der Waals surface area contributed by atoms with Crippen LogP contribution in [0.25, 0.3) is 0 Å². The summed E-state index contributed by atoms with van der Waals surface area (Å²) in [6.07, 6.45) is 0.310. The van der Waals surface area contributed by atoms with Crippen molar-refractivity contribution in [2.75, 3.05) is 6.54 Å². The molecular formula is C17H32N6O6. The Morgan fingerprint density at radius 3 is 2.03 bits per heavy atom. The van der Waals surface area contributed by atoms with Gasteiger partial charge in [0.15, 0.2) is 5.96 Å². The van der Waals surface area contributed by atoms with E-state index in [4.69, 9.17) is 22.3 Å². The van der Waals surface area contributed by atoms with Gasteiger partial charge in [0.25, 0.3) is 0 Å². The van der Waals surface area contributed by atoms with E-state index in [9.17, 15) is 24.3 Å². The molecule has 0 aliphatic rings. The highest BCUT2D eigenvalue weighted by atomic mass is 16.4. The molecule has 0 rings (SSSR count). The molecule has 3 atom stereocenters. The summed E-state index contributed by atoms with van der Waals surface area (Å²) in [4.78, 5) is 50.5. The van der Waals surface area contributed by atoms with Gasteiger partial charge in [0, 0.05) is 13.0 Å². The highest BCUT2D eigenvalue weighted by Gasteiger charge is 2.28. The van der Waals surface area contributed by atoms with Crippen LogP contribution in [0.1, 0.15) is 46.0 Å². The summed E-state index contributed by atoms with van der Waals surface area (Å²) in [5.41, 5.74) is 16.1. The topological polar surface area (TPSA) is 223 Å². The third-order valence-electron chi connectivity index (χ3n) is 3.91. The van der Waals surface area contributed by atoms with Gasteiger partial charge in [-0.15, -0.1) is 0 Å². The number of guanidine groups is 1. The molecule has 29 heavy (non-hydrogen) atoms. The summed E-state index contributed by atoms with van der Waals surface area (Å²) >= 11 is 0. The minimum atomic E-state index is -1.23. The van der Waals surface area contributed by atoms with Gasteiger partial charge >= 0.3 is 11.9 Å². The van der Waals surface area contributed by atoms with Crippen molar-refractivity contribution in [1.29, 1.82) is 0 Å². The van der Waals surface area contributed by atoms with E-state index >= 15 is 0 Å². The van der Waals surface area contributed by atoms with Crippen molar-refractivity contribution in [1.82, 2.24) is 10.6 Å². The van der Waals surface area contributed by atoms with E-state index in [-0.39, 0.29) is 44.1 Å². The largest absolute Gasteiger partial charge is 0.481 e. The van der Waals surface area contributed by atoms with Gasteiger partial charge in [-0.05, 0) is 31.6 Å². The third kappa shape index (κ3) is 12.2. The predicted molar refractivity (Wildman–Crippen MR) is 106 cm³/mol. The quantitative estimate of drug-likeness (QED) is 0.0975. The van der Waals surface area contributed by atoms with Crippen LogP contribution in [0, 0.1) is 5.92 Å². The van der Waals surface area contributed by atoms with Crippen molar-refractivity contribution in [3.05, 3.63) is 0 Å². The number of aliphatic imine (C=N–C) groups is 1. The number of nitrogens with two attached hydrogens (primary N) is 3. The number of carbonyl (C=O) groups is 4. The molecule has 0 saturated carbocycles. The molecule has 0 radical (unpaired) electrons. The number of rotatable bonds is 14. The molecule has 166 valence electrons. The maximum atomic E-state index is 12.6. The zero-order chi connectivity index (χ0) is 22.6. The SMILES string of the molecule is CC(C)CC(NC(=O)C(N)CCC(=O)O)C(=O)NC(CCCN=C(N)N)C(=O)O. The molecule has 0 spiro atoms. The number of carboxylic acids is 2. The van der Waals surface area contributed by atoms with Crippen LogP contribution in [0.3, 0.4) is 0 Å². The zero-order valence-corrected chi connectivity index (χ0v) is 16.8. The average molecular weight is 416 g/mol. The van der Waals surface area contributed by atoms with Crippen LogP contribution in [-0.4, -0.2) is 64.6 Å². The van der Waals surface area contributed by atoms with Crippen LogP contribution in [0.2, 0.25) is 0 Å². The molecule has 12 heteroatoms. The van der Waals surface area contributed by atoms with Crippen molar-refractivity contribution in [3.63, 3.8) is 0 Å². The summed E-state index contributed by atoms with van der Waals surface area (Å²) in [7, 11) is 0. The fourth-order valence-electron chi connectivity index (χ4n) is 2.43. The second-order valence-corrected chi connectivity index (χ2v) is 7.08. The van der Waals surface area contributed by atoms with Crippen LogP contribution in [0.5, 0.6) is 0 Å². The third-order valence-corrected chi connectivity index (χ3v) is 3.91. The predicted octanol–water partition coefficient (Wildman–Crippen LogP) is -1.67. The molecule has 0 saturated heterocycles. The Morgan fingerprint density at radius 1 is 0.966 bits per heavy atom. The van der Waals surface area contributed by atoms with Crippen LogP contribution >= 0.6 is 0 Å². The van der Waals surface area contributed by atoms with Gasteiger partial charge < -0.3 is 38.0 Å². The van der Waals surface area contributed by atoms with E-state index in [1.54, 1.807) is 0 Å². The van der Waals surface area contributed by atoms with Gasteiger partial charge in [0.2, 0.25) is 11.8 Å². The molecule has 0 aromatic rings. The lowest BCUT2D eigenvalue weighted by Crippen LogP contribution is -2.54. The van der Waals surface area contributed by atoms with Gasteiger partial charge in [0.05, 0.1) is 6.04 Å². The first-order valence-electron chi connectivity index (χ1n) is 9.30. The van der Waals surface area contributed by atoms with E-state index in [0.29, 0.717) is 6.42 Å². The molecule has 0 fully saturated rings. The maximum absolute atomic E-state index is 12.6. The van der Waals surface area contributed by atoms with E-state index in [1.165, 1.54) is 0 Å². The van der Waals surface area contributed by atoms with E-state index in [1.807, 2.05) is 13.8 Å². The van der Waals surface area contributed by atoms with Crippen molar-refractivity contribution >= 4 is 29.7 Å². The van der Waals surface area contributed by atoms with Gasteiger partial charge in [0.1, 0.15) is 12.1 Å². The highest BCUT2D eigenvalue weighted by molar-refractivity contribution is 5.91. The number of amides is 2. The second kappa shape index (κ2) is 13.3. The molecule has 0 bridgehead atoms. The number of aliphatic carboxylic acids is 2. The monoisotopic (exact) mass is 416 g/mol. The lowest BCUT2D eigenvalue weighted by Gasteiger charge is -2.24. The zero-order valence-electron chi connectivity index (χ0n) is 16.8. The fraction of sp³-hybridized carbons (Fsp3) is 0.706. The second-order valence-electron chi connectivity index (χ2n) is 7.08. The summed E-state index contributed by atoms with van der Waals surface area (Å²) in [6, 6.07) is -3.27.